The standard InChI is InChI=1S/C19H26N4O/c1-14-5-6-15(2)17(10-14)12-21-19(24)13-23-18(7-9-22-23)16-4-3-8-20-11-16/h5-7,9-10,16,20H,3-4,8,11-13H2,1-2H3,(H,21,24)/t16-/m0/s1. The van der Waals surface area contributed by atoms with Crippen LogP contribution in [0.2, 0.25) is 0 Å². The summed E-state index contributed by atoms with van der Waals surface area (Å²) in [5.41, 5.74) is 4.74. The van der Waals surface area contributed by atoms with E-state index in [4.69, 9.17) is 0 Å². The molecule has 0 bridgehead atoms. The lowest BCUT2D eigenvalue weighted by atomic mass is 9.96. The number of nitrogens with one attached hydrogen (secondary N) is 2. The van der Waals surface area contributed by atoms with Gasteiger partial charge in [-0.1, -0.05) is 23.8 Å². The van der Waals surface area contributed by atoms with Gasteiger partial charge in [0.25, 0.3) is 0 Å². The van der Waals surface area contributed by atoms with Gasteiger partial charge in [-0.2, -0.15) is 5.10 Å². The molecule has 1 fully saturated rings. The maximum atomic E-state index is 12.3. The molecule has 1 aliphatic heterocycles. The summed E-state index contributed by atoms with van der Waals surface area (Å²) in [5.74, 6) is 0.456. The van der Waals surface area contributed by atoms with E-state index < -0.39 is 0 Å². The first-order valence-electron chi connectivity index (χ1n) is 8.69. The Morgan fingerprint density at radius 1 is 1.38 bits per heavy atom. The van der Waals surface area contributed by atoms with Crippen molar-refractivity contribution in [3.63, 3.8) is 0 Å². The molecule has 24 heavy (non-hydrogen) atoms. The zero-order chi connectivity index (χ0) is 16.9. The van der Waals surface area contributed by atoms with E-state index in [1.807, 2.05) is 10.7 Å². The largest absolute Gasteiger partial charge is 0.350 e. The van der Waals surface area contributed by atoms with E-state index in [0.29, 0.717) is 12.5 Å². The SMILES string of the molecule is Cc1ccc(C)c(CNC(=O)Cn2nccc2[C@H]2CCCNC2)c1. The summed E-state index contributed by atoms with van der Waals surface area (Å²) < 4.78 is 1.84. The molecule has 1 atom stereocenters. The predicted octanol–water partition coefficient (Wildman–Crippen LogP) is 2.28. The van der Waals surface area contributed by atoms with Crippen molar-refractivity contribution in [2.75, 3.05) is 13.1 Å². The highest BCUT2D eigenvalue weighted by atomic mass is 16.2. The number of hydrogen-bond acceptors (Lipinski definition) is 3. The lowest BCUT2D eigenvalue weighted by Gasteiger charge is -2.23. The van der Waals surface area contributed by atoms with Crippen molar-refractivity contribution in [1.82, 2.24) is 20.4 Å². The number of carbonyl (C=O) groups is 1. The molecule has 5 nitrogen and oxygen atoms in total. The van der Waals surface area contributed by atoms with Gasteiger partial charge < -0.3 is 10.6 Å². The minimum atomic E-state index is 0.00428. The molecule has 0 spiro atoms. The Morgan fingerprint density at radius 2 is 2.25 bits per heavy atom. The van der Waals surface area contributed by atoms with E-state index in [1.165, 1.54) is 23.1 Å². The highest BCUT2D eigenvalue weighted by molar-refractivity contribution is 5.75. The average molecular weight is 326 g/mol. The summed E-state index contributed by atoms with van der Waals surface area (Å²) in [4.78, 5) is 12.3. The fraction of sp³-hybridized carbons (Fsp3) is 0.474. The quantitative estimate of drug-likeness (QED) is 0.886. The number of aromatic nitrogens is 2. The molecule has 1 saturated heterocycles. The predicted molar refractivity (Wildman–Crippen MR) is 94.8 cm³/mol. The molecule has 1 amide bonds. The minimum Gasteiger partial charge on any atom is -0.350 e. The molecule has 2 N–H and O–H groups in total. The third kappa shape index (κ3) is 4.03. The molecule has 1 aromatic heterocycles. The molecule has 3 rings (SSSR count). The molecule has 0 unspecified atom stereocenters. The minimum absolute atomic E-state index is 0.00428. The fourth-order valence-electron chi connectivity index (χ4n) is 3.30. The Balaban J connectivity index is 1.59. The molecule has 1 aliphatic rings. The summed E-state index contributed by atoms with van der Waals surface area (Å²) in [5, 5.41) is 10.8. The molecular formula is C19H26N4O. The van der Waals surface area contributed by atoms with Crippen molar-refractivity contribution in [2.45, 2.75) is 45.7 Å². The van der Waals surface area contributed by atoms with Crippen LogP contribution in [-0.2, 0) is 17.9 Å². The molecule has 0 radical (unpaired) electrons. The zero-order valence-electron chi connectivity index (χ0n) is 14.5. The van der Waals surface area contributed by atoms with Gasteiger partial charge in [-0.05, 0) is 50.4 Å². The Labute approximate surface area is 143 Å². The van der Waals surface area contributed by atoms with E-state index in [9.17, 15) is 4.79 Å². The van der Waals surface area contributed by atoms with Crippen LogP contribution in [0.5, 0.6) is 0 Å². The fourth-order valence-corrected chi connectivity index (χ4v) is 3.30. The Bertz CT molecular complexity index is 701. The second-order valence-electron chi connectivity index (χ2n) is 6.66. The smallest absolute Gasteiger partial charge is 0.242 e. The highest BCUT2D eigenvalue weighted by Crippen LogP contribution is 2.22. The lowest BCUT2D eigenvalue weighted by Crippen LogP contribution is -2.32. The maximum absolute atomic E-state index is 12.3. The molecular weight excluding hydrogens is 300 g/mol. The second kappa shape index (κ2) is 7.62. The first kappa shape index (κ1) is 16.7. The third-order valence-electron chi connectivity index (χ3n) is 4.74. The average Bonchev–Trinajstić information content (AvgIpc) is 3.04. The van der Waals surface area contributed by atoms with Crippen LogP contribution in [0.25, 0.3) is 0 Å². The zero-order valence-corrected chi connectivity index (χ0v) is 14.5. The molecule has 128 valence electrons. The molecule has 0 saturated carbocycles. The number of carbonyl (C=O) groups excluding carboxylic acids is 1. The number of nitrogens with zero attached hydrogens (tertiary/aromatic N) is 2. The normalized spacial score (nSPS) is 17.7. The molecule has 2 heterocycles. The van der Waals surface area contributed by atoms with Gasteiger partial charge in [0.15, 0.2) is 0 Å². The van der Waals surface area contributed by atoms with E-state index >= 15 is 0 Å². The molecule has 5 heteroatoms. The first-order valence-corrected chi connectivity index (χ1v) is 8.69. The molecule has 1 aromatic carbocycles. The monoisotopic (exact) mass is 326 g/mol. The third-order valence-corrected chi connectivity index (χ3v) is 4.74. The van der Waals surface area contributed by atoms with Gasteiger partial charge in [0.05, 0.1) is 0 Å². The summed E-state index contributed by atoms with van der Waals surface area (Å²) in [6, 6.07) is 8.35. The van der Waals surface area contributed by atoms with E-state index in [-0.39, 0.29) is 12.5 Å². The summed E-state index contributed by atoms with van der Waals surface area (Å²) in [6.45, 7) is 7.04. The Morgan fingerprint density at radius 3 is 3.04 bits per heavy atom. The second-order valence-corrected chi connectivity index (χ2v) is 6.66. The Kier molecular flexibility index (Phi) is 5.30. The van der Waals surface area contributed by atoms with Crippen LogP contribution >= 0.6 is 0 Å². The number of amides is 1. The van der Waals surface area contributed by atoms with Gasteiger partial charge in [-0.25, -0.2) is 0 Å². The van der Waals surface area contributed by atoms with Crippen molar-refractivity contribution in [3.05, 3.63) is 52.8 Å². The van der Waals surface area contributed by atoms with Crippen molar-refractivity contribution in [2.24, 2.45) is 0 Å². The highest BCUT2D eigenvalue weighted by Gasteiger charge is 2.19. The number of hydrogen-bond donors (Lipinski definition) is 2. The van der Waals surface area contributed by atoms with Crippen molar-refractivity contribution in [1.29, 1.82) is 0 Å². The van der Waals surface area contributed by atoms with Crippen LogP contribution in [0.1, 0.15) is 41.1 Å². The van der Waals surface area contributed by atoms with Crippen LogP contribution < -0.4 is 10.6 Å². The summed E-state index contributed by atoms with van der Waals surface area (Å²) in [6.07, 6.45) is 4.12. The van der Waals surface area contributed by atoms with Crippen LogP contribution in [0.4, 0.5) is 0 Å². The number of benzene rings is 1. The van der Waals surface area contributed by atoms with Crippen LogP contribution in [0, 0.1) is 13.8 Å². The van der Waals surface area contributed by atoms with Crippen LogP contribution in [0.15, 0.2) is 30.5 Å². The van der Waals surface area contributed by atoms with Gasteiger partial charge in [0.1, 0.15) is 6.54 Å². The van der Waals surface area contributed by atoms with E-state index in [1.54, 1.807) is 6.20 Å². The van der Waals surface area contributed by atoms with E-state index in [2.05, 4.69) is 47.8 Å². The van der Waals surface area contributed by atoms with Crippen LogP contribution in [-0.4, -0.2) is 28.8 Å². The van der Waals surface area contributed by atoms with Gasteiger partial charge in [-0.15, -0.1) is 0 Å². The summed E-state index contributed by atoms with van der Waals surface area (Å²) >= 11 is 0. The van der Waals surface area contributed by atoms with Gasteiger partial charge in [0, 0.05) is 30.9 Å². The maximum Gasteiger partial charge on any atom is 0.242 e. The number of rotatable bonds is 5. The number of piperidine rings is 1. The van der Waals surface area contributed by atoms with Crippen LogP contribution in [0.3, 0.4) is 0 Å². The topological polar surface area (TPSA) is 59.0 Å². The molecule has 2 aromatic rings. The van der Waals surface area contributed by atoms with Gasteiger partial charge in [0.2, 0.25) is 5.91 Å². The Hall–Kier alpha value is -2.14. The first-order chi connectivity index (χ1) is 11.6. The van der Waals surface area contributed by atoms with Gasteiger partial charge >= 0.3 is 0 Å². The van der Waals surface area contributed by atoms with Gasteiger partial charge in [-0.3, -0.25) is 9.48 Å². The van der Waals surface area contributed by atoms with E-state index in [0.717, 1.165) is 25.2 Å². The van der Waals surface area contributed by atoms with Crippen molar-refractivity contribution < 1.29 is 4.79 Å². The lowest BCUT2D eigenvalue weighted by molar-refractivity contribution is -0.122. The van der Waals surface area contributed by atoms with Crippen molar-refractivity contribution in [3.8, 4) is 0 Å². The molecule has 0 aliphatic carbocycles. The number of aryl methyl sites for hydroxylation is 2. The summed E-state index contributed by atoms with van der Waals surface area (Å²) in [7, 11) is 0. The van der Waals surface area contributed by atoms with Crippen molar-refractivity contribution >= 4 is 5.91 Å².